The van der Waals surface area contributed by atoms with Gasteiger partial charge >= 0.3 is 0 Å². The van der Waals surface area contributed by atoms with Gasteiger partial charge in [0.25, 0.3) is 0 Å². The second kappa shape index (κ2) is 6.02. The molecule has 0 atom stereocenters. The molecule has 0 unspecified atom stereocenters. The number of hydrogen-bond acceptors (Lipinski definition) is 3. The smallest absolute Gasteiger partial charge is 0.227 e. The molecular formula is C15H14NO3+. The molecule has 96 valence electrons. The third kappa shape index (κ3) is 3.33. The first-order valence-corrected chi connectivity index (χ1v) is 5.92. The van der Waals surface area contributed by atoms with Gasteiger partial charge in [0.1, 0.15) is 6.61 Å². The molecule has 0 saturated heterocycles. The van der Waals surface area contributed by atoms with Crippen LogP contribution >= 0.6 is 0 Å². The Morgan fingerprint density at radius 3 is 2.05 bits per heavy atom. The normalized spacial score (nSPS) is 10.2. The summed E-state index contributed by atoms with van der Waals surface area (Å²) in [6, 6.07) is 12.2. The zero-order valence-electron chi connectivity index (χ0n) is 10.3. The van der Waals surface area contributed by atoms with Gasteiger partial charge in [0.2, 0.25) is 12.3 Å². The van der Waals surface area contributed by atoms with E-state index in [4.69, 9.17) is 5.11 Å². The summed E-state index contributed by atoms with van der Waals surface area (Å²) >= 11 is 0. The number of aliphatic hydroxyl groups excluding tert-OH is 1. The minimum Gasteiger partial charge on any atom is -0.388 e. The number of hydrogen-bond donors (Lipinski definition) is 1. The molecular weight excluding hydrogens is 242 g/mol. The fraction of sp³-hybridized carbons (Fsp3) is 0.133. The second-order valence-corrected chi connectivity index (χ2v) is 4.13. The molecule has 4 heteroatoms. The van der Waals surface area contributed by atoms with Gasteiger partial charge in [-0.05, 0) is 0 Å². The summed E-state index contributed by atoms with van der Waals surface area (Å²) in [7, 11) is 0. The summed E-state index contributed by atoms with van der Waals surface area (Å²) in [5.74, 6) is -0.326. The molecule has 0 amide bonds. The van der Waals surface area contributed by atoms with Crippen LogP contribution in [0.1, 0.15) is 20.7 Å². The van der Waals surface area contributed by atoms with Crippen LogP contribution in [0.25, 0.3) is 0 Å². The summed E-state index contributed by atoms with van der Waals surface area (Å²) in [4.78, 5) is 23.2. The van der Waals surface area contributed by atoms with Crippen LogP contribution in [0.4, 0.5) is 0 Å². The first-order valence-electron chi connectivity index (χ1n) is 5.92. The second-order valence-electron chi connectivity index (χ2n) is 4.13. The maximum absolute atomic E-state index is 12.0. The van der Waals surface area contributed by atoms with Gasteiger partial charge in [-0.2, -0.15) is 4.57 Å². The predicted molar refractivity (Wildman–Crippen MR) is 68.8 cm³/mol. The molecule has 0 aliphatic rings. The monoisotopic (exact) mass is 256 g/mol. The summed E-state index contributed by atoms with van der Waals surface area (Å²) < 4.78 is 1.70. The topological polar surface area (TPSA) is 58.2 Å². The van der Waals surface area contributed by atoms with Gasteiger partial charge in [-0.3, -0.25) is 9.59 Å². The zero-order valence-corrected chi connectivity index (χ0v) is 10.3. The van der Waals surface area contributed by atoms with Crippen LogP contribution < -0.4 is 4.57 Å². The minimum atomic E-state index is -0.507. The molecule has 0 aliphatic heterocycles. The summed E-state index contributed by atoms with van der Waals surface area (Å²) in [5, 5.41) is 8.74. The van der Waals surface area contributed by atoms with E-state index in [2.05, 4.69) is 0 Å². The first-order chi connectivity index (χ1) is 9.20. The van der Waals surface area contributed by atoms with Crippen LogP contribution in [0, 0.1) is 0 Å². The highest BCUT2D eigenvalue weighted by atomic mass is 16.3. The Hall–Kier alpha value is -2.33. The number of aliphatic hydroxyl groups is 1. The largest absolute Gasteiger partial charge is 0.388 e. The summed E-state index contributed by atoms with van der Waals surface area (Å²) in [6.07, 6.45) is 3.31. The molecule has 2 aromatic rings. The number of benzene rings is 1. The molecule has 4 nitrogen and oxygen atoms in total. The van der Waals surface area contributed by atoms with E-state index in [0.717, 1.165) is 0 Å². The maximum Gasteiger partial charge on any atom is 0.227 e. The van der Waals surface area contributed by atoms with Crippen molar-refractivity contribution in [1.82, 2.24) is 0 Å². The van der Waals surface area contributed by atoms with Crippen molar-refractivity contribution < 1.29 is 19.3 Å². The van der Waals surface area contributed by atoms with Gasteiger partial charge in [-0.25, -0.2) is 0 Å². The van der Waals surface area contributed by atoms with Crippen LogP contribution in [-0.2, 0) is 6.54 Å². The molecule has 0 aliphatic carbocycles. The number of carbonyl (C=O) groups is 2. The van der Waals surface area contributed by atoms with Crippen LogP contribution in [0.15, 0.2) is 54.9 Å². The third-order valence-electron chi connectivity index (χ3n) is 2.78. The van der Waals surface area contributed by atoms with E-state index in [-0.39, 0.29) is 18.1 Å². The van der Waals surface area contributed by atoms with Crippen LogP contribution in [0.2, 0.25) is 0 Å². The number of Topliss-reactive ketones (excluding diaryl/α,β-unsaturated/α-hetero) is 2. The third-order valence-corrected chi connectivity index (χ3v) is 2.78. The van der Waals surface area contributed by atoms with Crippen molar-refractivity contribution >= 4 is 11.6 Å². The Bertz CT molecular complexity index is 576. The first kappa shape index (κ1) is 13.1. The Morgan fingerprint density at radius 2 is 1.47 bits per heavy atom. The van der Waals surface area contributed by atoms with E-state index in [1.54, 1.807) is 41.2 Å². The molecule has 0 bridgehead atoms. The number of ketones is 2. The summed E-state index contributed by atoms with van der Waals surface area (Å²) in [5.41, 5.74) is 1.09. The Morgan fingerprint density at radius 1 is 0.895 bits per heavy atom. The van der Waals surface area contributed by atoms with Crippen molar-refractivity contribution in [1.29, 1.82) is 0 Å². The zero-order chi connectivity index (χ0) is 13.7. The SMILES string of the molecule is O=C(CO)c1cc[n+](CC(=O)c2ccccc2)cc1. The van der Waals surface area contributed by atoms with Gasteiger partial charge in [0, 0.05) is 23.3 Å². The van der Waals surface area contributed by atoms with Crippen molar-refractivity contribution in [2.45, 2.75) is 6.54 Å². The molecule has 1 aromatic carbocycles. The van der Waals surface area contributed by atoms with Crippen molar-refractivity contribution in [2.75, 3.05) is 6.61 Å². The molecule has 2 rings (SSSR count). The predicted octanol–water partition coefficient (Wildman–Crippen LogP) is 1.03. The van der Waals surface area contributed by atoms with E-state index in [1.807, 2.05) is 18.2 Å². The molecule has 0 spiro atoms. The Labute approximate surface area is 110 Å². The van der Waals surface area contributed by atoms with Gasteiger partial charge in [-0.15, -0.1) is 0 Å². The highest BCUT2D eigenvalue weighted by molar-refractivity contribution is 5.96. The fourth-order valence-electron chi connectivity index (χ4n) is 1.72. The van der Waals surface area contributed by atoms with Gasteiger partial charge < -0.3 is 5.11 Å². The number of aromatic nitrogens is 1. The molecule has 0 saturated carbocycles. The average molecular weight is 256 g/mol. The van der Waals surface area contributed by atoms with Crippen molar-refractivity contribution in [2.24, 2.45) is 0 Å². The van der Waals surface area contributed by atoms with Gasteiger partial charge in [-0.1, -0.05) is 30.3 Å². The Balaban J connectivity index is 2.08. The molecule has 1 aromatic heterocycles. The van der Waals surface area contributed by atoms with Gasteiger partial charge in [0.15, 0.2) is 18.2 Å². The van der Waals surface area contributed by atoms with Crippen molar-refractivity contribution in [3.8, 4) is 0 Å². The average Bonchev–Trinajstić information content (AvgIpc) is 2.48. The van der Waals surface area contributed by atoms with Crippen LogP contribution in [-0.4, -0.2) is 23.3 Å². The maximum atomic E-state index is 12.0. The lowest BCUT2D eigenvalue weighted by atomic mass is 10.1. The number of nitrogens with zero attached hydrogens (tertiary/aromatic N) is 1. The highest BCUT2D eigenvalue weighted by Crippen LogP contribution is 2.00. The molecule has 0 fully saturated rings. The highest BCUT2D eigenvalue weighted by Gasteiger charge is 2.12. The van der Waals surface area contributed by atoms with E-state index in [0.29, 0.717) is 11.1 Å². The van der Waals surface area contributed by atoms with E-state index < -0.39 is 6.61 Å². The molecule has 19 heavy (non-hydrogen) atoms. The van der Waals surface area contributed by atoms with Crippen LogP contribution in [0.3, 0.4) is 0 Å². The number of carbonyl (C=O) groups excluding carboxylic acids is 2. The number of rotatable bonds is 5. The minimum absolute atomic E-state index is 0.00633. The standard InChI is InChI=1S/C15H14NO3/c17-11-15(19)13-6-8-16(9-7-13)10-14(18)12-4-2-1-3-5-12/h1-9,17H,10-11H2/q+1. The van der Waals surface area contributed by atoms with Crippen molar-refractivity contribution in [3.63, 3.8) is 0 Å². The van der Waals surface area contributed by atoms with E-state index in [9.17, 15) is 9.59 Å². The molecule has 1 heterocycles. The van der Waals surface area contributed by atoms with Gasteiger partial charge in [0.05, 0.1) is 0 Å². The molecule has 0 radical (unpaired) electrons. The lowest BCUT2D eigenvalue weighted by Gasteiger charge is -1.99. The quantitative estimate of drug-likeness (QED) is 0.642. The fourth-order valence-corrected chi connectivity index (χ4v) is 1.72. The van der Waals surface area contributed by atoms with E-state index in [1.165, 1.54) is 0 Å². The Kier molecular flexibility index (Phi) is 4.15. The van der Waals surface area contributed by atoms with Crippen molar-refractivity contribution in [3.05, 3.63) is 66.0 Å². The number of pyridine rings is 1. The molecule has 1 N–H and O–H groups in total. The lowest BCUT2D eigenvalue weighted by Crippen LogP contribution is -2.37. The lowest BCUT2D eigenvalue weighted by molar-refractivity contribution is -0.683. The summed E-state index contributed by atoms with van der Waals surface area (Å²) in [6.45, 7) is -0.287. The van der Waals surface area contributed by atoms with Crippen LogP contribution in [0.5, 0.6) is 0 Å². The van der Waals surface area contributed by atoms with E-state index >= 15 is 0 Å².